The van der Waals surface area contributed by atoms with Crippen LogP contribution in [0.2, 0.25) is 0 Å². The van der Waals surface area contributed by atoms with E-state index in [2.05, 4.69) is 4.98 Å². The second kappa shape index (κ2) is 5.68. The van der Waals surface area contributed by atoms with Gasteiger partial charge in [0.2, 0.25) is 0 Å². The van der Waals surface area contributed by atoms with E-state index in [-0.39, 0.29) is 30.1 Å². The number of hydrogen-bond donors (Lipinski definition) is 1. The number of esters is 1. The first kappa shape index (κ1) is 14.0. The van der Waals surface area contributed by atoms with Gasteiger partial charge in [0.1, 0.15) is 0 Å². The quantitative estimate of drug-likeness (QED) is 0.476. The molecule has 0 spiro atoms. The number of ether oxygens (including phenoxy) is 1. The first-order chi connectivity index (χ1) is 9.51. The molecule has 0 amide bonds. The van der Waals surface area contributed by atoms with E-state index in [1.807, 2.05) is 6.08 Å². The van der Waals surface area contributed by atoms with E-state index in [4.69, 9.17) is 4.74 Å². The van der Waals surface area contributed by atoms with Crippen molar-refractivity contribution < 1.29 is 14.3 Å². The van der Waals surface area contributed by atoms with Gasteiger partial charge in [-0.3, -0.25) is 23.9 Å². The number of hydrogen-bond acceptors (Lipinski definition) is 5. The SMILES string of the molecule is CC(=O)OC[C@@H]1C=C[C@H](n2cc(C=O)c(=O)[nH]c2=O)C1. The van der Waals surface area contributed by atoms with Crippen LogP contribution in [0.4, 0.5) is 0 Å². The van der Waals surface area contributed by atoms with Crippen LogP contribution in [0.1, 0.15) is 29.7 Å². The number of nitrogens with zero attached hydrogens (tertiary/aromatic N) is 1. The molecule has 2 atom stereocenters. The summed E-state index contributed by atoms with van der Waals surface area (Å²) in [6.07, 6.45) is 5.87. The standard InChI is InChI=1S/C13H14N2O5/c1-8(17)20-7-9-2-3-11(4-9)15-5-10(6-16)12(18)14-13(15)19/h2-3,5-6,9,11H,4,7H2,1H3,(H,14,18,19)/t9-,11+/m1/s1. The minimum Gasteiger partial charge on any atom is -0.465 e. The lowest BCUT2D eigenvalue weighted by Crippen LogP contribution is -2.33. The smallest absolute Gasteiger partial charge is 0.328 e. The summed E-state index contributed by atoms with van der Waals surface area (Å²) < 4.78 is 6.21. The number of aromatic amines is 1. The third kappa shape index (κ3) is 2.93. The van der Waals surface area contributed by atoms with Gasteiger partial charge in [0.25, 0.3) is 5.56 Å². The summed E-state index contributed by atoms with van der Waals surface area (Å²) in [5, 5.41) is 0. The Morgan fingerprint density at radius 2 is 2.25 bits per heavy atom. The van der Waals surface area contributed by atoms with E-state index < -0.39 is 11.2 Å². The molecule has 0 radical (unpaired) electrons. The molecule has 0 saturated heterocycles. The maximum Gasteiger partial charge on any atom is 0.328 e. The Labute approximate surface area is 113 Å². The van der Waals surface area contributed by atoms with Gasteiger partial charge < -0.3 is 4.74 Å². The molecule has 0 fully saturated rings. The highest BCUT2D eigenvalue weighted by molar-refractivity contribution is 5.73. The molecule has 1 N–H and O–H groups in total. The van der Waals surface area contributed by atoms with Gasteiger partial charge in [-0.1, -0.05) is 12.2 Å². The molecule has 1 aliphatic rings. The Bertz CT molecular complexity index is 670. The molecule has 1 aromatic rings. The number of carbonyl (C=O) groups is 2. The normalized spacial score (nSPS) is 20.9. The fourth-order valence-corrected chi connectivity index (χ4v) is 2.14. The van der Waals surface area contributed by atoms with Crippen molar-refractivity contribution in [3.8, 4) is 0 Å². The molecule has 0 aliphatic heterocycles. The van der Waals surface area contributed by atoms with Gasteiger partial charge in [-0.25, -0.2) is 4.79 Å². The van der Waals surface area contributed by atoms with Crippen LogP contribution in [-0.4, -0.2) is 28.4 Å². The Balaban J connectivity index is 2.17. The molecule has 0 saturated carbocycles. The van der Waals surface area contributed by atoms with Gasteiger partial charge in [0.05, 0.1) is 18.2 Å². The highest BCUT2D eigenvalue weighted by Gasteiger charge is 2.22. The molecule has 1 aromatic heterocycles. The van der Waals surface area contributed by atoms with Gasteiger partial charge >= 0.3 is 11.7 Å². The molecule has 106 valence electrons. The number of allylic oxidation sites excluding steroid dienone is 1. The first-order valence-electron chi connectivity index (χ1n) is 6.13. The van der Waals surface area contributed by atoms with Crippen molar-refractivity contribution in [2.24, 2.45) is 5.92 Å². The third-order valence-corrected chi connectivity index (χ3v) is 3.13. The zero-order valence-electron chi connectivity index (χ0n) is 10.9. The number of aldehydes is 1. The molecule has 7 nitrogen and oxygen atoms in total. The van der Waals surface area contributed by atoms with E-state index in [1.165, 1.54) is 17.7 Å². The van der Waals surface area contributed by atoms with Crippen molar-refractivity contribution in [2.75, 3.05) is 6.61 Å². The summed E-state index contributed by atoms with van der Waals surface area (Å²) >= 11 is 0. The Morgan fingerprint density at radius 3 is 2.90 bits per heavy atom. The summed E-state index contributed by atoms with van der Waals surface area (Å²) in [5.41, 5.74) is -1.36. The van der Waals surface area contributed by atoms with Crippen LogP contribution in [0.5, 0.6) is 0 Å². The lowest BCUT2D eigenvalue weighted by Gasteiger charge is -2.14. The molecule has 7 heteroatoms. The third-order valence-electron chi connectivity index (χ3n) is 3.13. The van der Waals surface area contributed by atoms with Crippen molar-refractivity contribution in [3.05, 3.63) is 44.8 Å². The summed E-state index contributed by atoms with van der Waals surface area (Å²) in [7, 11) is 0. The fourth-order valence-electron chi connectivity index (χ4n) is 2.14. The Hall–Kier alpha value is -2.44. The van der Waals surface area contributed by atoms with Crippen LogP contribution in [0.15, 0.2) is 27.9 Å². The highest BCUT2D eigenvalue weighted by atomic mass is 16.5. The molecule has 0 aromatic carbocycles. The predicted octanol–water partition coefficient (Wildman–Crippen LogP) is 0.0294. The average molecular weight is 278 g/mol. The molecule has 1 aliphatic carbocycles. The second-order valence-corrected chi connectivity index (χ2v) is 4.62. The van der Waals surface area contributed by atoms with Crippen LogP contribution in [0.25, 0.3) is 0 Å². The van der Waals surface area contributed by atoms with Crippen LogP contribution >= 0.6 is 0 Å². The second-order valence-electron chi connectivity index (χ2n) is 4.62. The summed E-state index contributed by atoms with van der Waals surface area (Å²) in [6, 6.07) is -0.265. The van der Waals surface area contributed by atoms with E-state index in [0.717, 1.165) is 0 Å². The van der Waals surface area contributed by atoms with E-state index in [0.29, 0.717) is 12.7 Å². The van der Waals surface area contributed by atoms with Gasteiger partial charge in [-0.2, -0.15) is 0 Å². The van der Waals surface area contributed by atoms with Crippen LogP contribution < -0.4 is 11.2 Å². The minimum atomic E-state index is -0.695. The largest absolute Gasteiger partial charge is 0.465 e. The molecule has 2 rings (SSSR count). The zero-order chi connectivity index (χ0) is 14.7. The van der Waals surface area contributed by atoms with Crippen molar-refractivity contribution in [2.45, 2.75) is 19.4 Å². The van der Waals surface area contributed by atoms with Crippen LogP contribution in [0.3, 0.4) is 0 Å². The van der Waals surface area contributed by atoms with E-state index in [1.54, 1.807) is 6.08 Å². The van der Waals surface area contributed by atoms with Crippen molar-refractivity contribution in [1.29, 1.82) is 0 Å². The van der Waals surface area contributed by atoms with Crippen LogP contribution in [0, 0.1) is 5.92 Å². The van der Waals surface area contributed by atoms with Crippen molar-refractivity contribution in [1.82, 2.24) is 9.55 Å². The molecule has 0 bridgehead atoms. The van der Waals surface area contributed by atoms with E-state index >= 15 is 0 Å². The minimum absolute atomic E-state index is 0.0161. The molecule has 1 heterocycles. The molecular weight excluding hydrogens is 264 g/mol. The van der Waals surface area contributed by atoms with Crippen molar-refractivity contribution in [3.63, 3.8) is 0 Å². The van der Waals surface area contributed by atoms with E-state index in [9.17, 15) is 19.2 Å². The van der Waals surface area contributed by atoms with Gasteiger partial charge in [0.15, 0.2) is 6.29 Å². The number of aromatic nitrogens is 2. The number of H-pyrrole nitrogens is 1. The number of rotatable bonds is 4. The van der Waals surface area contributed by atoms with Gasteiger partial charge in [0, 0.05) is 19.0 Å². The summed E-state index contributed by atoms with van der Waals surface area (Å²) in [4.78, 5) is 46.6. The lowest BCUT2D eigenvalue weighted by molar-refractivity contribution is -0.141. The number of nitrogens with one attached hydrogen (secondary N) is 1. The summed E-state index contributed by atoms with van der Waals surface area (Å²) in [6.45, 7) is 1.58. The highest BCUT2D eigenvalue weighted by Crippen LogP contribution is 2.26. The van der Waals surface area contributed by atoms with Crippen molar-refractivity contribution >= 4 is 12.3 Å². The monoisotopic (exact) mass is 278 g/mol. The molecule has 20 heavy (non-hydrogen) atoms. The number of carbonyl (C=O) groups excluding carboxylic acids is 2. The Morgan fingerprint density at radius 1 is 1.50 bits per heavy atom. The maximum atomic E-state index is 11.7. The fraction of sp³-hybridized carbons (Fsp3) is 0.385. The zero-order valence-corrected chi connectivity index (χ0v) is 10.9. The maximum absolute atomic E-state index is 11.7. The molecule has 0 unspecified atom stereocenters. The predicted molar refractivity (Wildman–Crippen MR) is 69.6 cm³/mol. The average Bonchev–Trinajstić information content (AvgIpc) is 2.85. The van der Waals surface area contributed by atoms with Crippen LogP contribution in [-0.2, 0) is 9.53 Å². The topological polar surface area (TPSA) is 98.2 Å². The lowest BCUT2D eigenvalue weighted by atomic mass is 10.1. The first-order valence-corrected chi connectivity index (χ1v) is 6.13. The van der Waals surface area contributed by atoms with Gasteiger partial charge in [-0.05, 0) is 6.42 Å². The summed E-state index contributed by atoms with van der Waals surface area (Å²) in [5.74, 6) is -0.339. The van der Waals surface area contributed by atoms with Gasteiger partial charge in [-0.15, -0.1) is 0 Å². The molecular formula is C13H14N2O5. The Kier molecular flexibility index (Phi) is 3.97.